The molecule has 4 aliphatic rings. The van der Waals surface area contributed by atoms with Gasteiger partial charge in [-0.15, -0.1) is 0 Å². The fourth-order valence-electron chi connectivity index (χ4n) is 6.21. The number of anilines is 1. The van der Waals surface area contributed by atoms with Crippen molar-refractivity contribution >= 4 is 11.3 Å². The highest BCUT2D eigenvalue weighted by Crippen LogP contribution is 2.47. The number of ether oxygens (including phenoxy) is 3. The van der Waals surface area contributed by atoms with Gasteiger partial charge < -0.3 is 25.3 Å². The number of hydrogen-bond acceptors (Lipinski definition) is 8. The highest BCUT2D eigenvalue weighted by atomic mass is 16.8. The van der Waals surface area contributed by atoms with Crippen LogP contribution in [0.5, 0.6) is 0 Å². The zero-order valence-electron chi connectivity index (χ0n) is 18.3. The Kier molecular flexibility index (Phi) is 4.56. The first-order chi connectivity index (χ1) is 15.0. The molecule has 6 heterocycles. The van der Waals surface area contributed by atoms with Gasteiger partial charge in [-0.05, 0) is 71.3 Å². The normalized spacial score (nSPS) is 34.6. The van der Waals surface area contributed by atoms with Crippen molar-refractivity contribution in [2.75, 3.05) is 31.9 Å². The van der Waals surface area contributed by atoms with Gasteiger partial charge >= 0.3 is 0 Å². The van der Waals surface area contributed by atoms with E-state index in [0.717, 1.165) is 37.4 Å². The summed E-state index contributed by atoms with van der Waals surface area (Å²) in [4.78, 5) is 6.78. The second-order valence-electron chi connectivity index (χ2n) is 9.88. The lowest BCUT2D eigenvalue weighted by atomic mass is 9.85. The van der Waals surface area contributed by atoms with E-state index in [2.05, 4.69) is 20.3 Å². The van der Waals surface area contributed by atoms with Crippen LogP contribution < -0.4 is 11.1 Å². The molecule has 6 rings (SSSR count). The molecule has 0 saturated carbocycles. The Hall–Kier alpha value is -1.78. The van der Waals surface area contributed by atoms with Gasteiger partial charge in [0.1, 0.15) is 36.3 Å². The zero-order chi connectivity index (χ0) is 21.2. The van der Waals surface area contributed by atoms with Crippen LogP contribution in [0.4, 0.5) is 5.82 Å². The van der Waals surface area contributed by atoms with Crippen molar-refractivity contribution in [3.8, 4) is 0 Å². The first-order valence-electron chi connectivity index (χ1n) is 11.5. The highest BCUT2D eigenvalue weighted by molar-refractivity contribution is 5.65. The molecule has 0 aliphatic carbocycles. The molecule has 1 unspecified atom stereocenters. The summed E-state index contributed by atoms with van der Waals surface area (Å²) >= 11 is 0. The molecule has 4 aliphatic heterocycles. The number of nitrogens with two attached hydrogens (primary N) is 1. The van der Waals surface area contributed by atoms with Crippen LogP contribution in [0.25, 0.3) is 5.52 Å². The third kappa shape index (κ3) is 3.17. The summed E-state index contributed by atoms with van der Waals surface area (Å²) in [6.07, 6.45) is 5.83. The number of piperidine rings is 1. The fraction of sp³-hybridized carbons (Fsp3) is 0.727. The summed E-state index contributed by atoms with van der Waals surface area (Å²) in [6.45, 7) is 8.17. The molecule has 3 N–H and O–H groups in total. The number of fused-ring (bicyclic) bond motifs is 2. The van der Waals surface area contributed by atoms with Crippen LogP contribution in [-0.2, 0) is 14.2 Å². The molecule has 9 nitrogen and oxygen atoms in total. The predicted octanol–water partition coefficient (Wildman–Crippen LogP) is 1.49. The lowest BCUT2D eigenvalue weighted by molar-refractivity contribution is -0.191. The quantitative estimate of drug-likeness (QED) is 0.759. The number of hydrogen-bond donors (Lipinski definition) is 2. The molecule has 1 spiro atoms. The van der Waals surface area contributed by atoms with Crippen LogP contribution in [0.2, 0.25) is 0 Å². The molecule has 4 fully saturated rings. The zero-order valence-corrected chi connectivity index (χ0v) is 18.3. The van der Waals surface area contributed by atoms with Crippen molar-refractivity contribution in [2.45, 2.75) is 75.3 Å². The second kappa shape index (κ2) is 7.11. The average molecular weight is 429 g/mol. The maximum Gasteiger partial charge on any atom is 0.164 e. The van der Waals surface area contributed by atoms with E-state index < -0.39 is 5.79 Å². The Morgan fingerprint density at radius 3 is 2.81 bits per heavy atom. The van der Waals surface area contributed by atoms with Crippen LogP contribution in [0, 0.1) is 0 Å². The van der Waals surface area contributed by atoms with Gasteiger partial charge in [0, 0.05) is 12.1 Å². The summed E-state index contributed by atoms with van der Waals surface area (Å²) in [7, 11) is 0. The monoisotopic (exact) mass is 428 g/mol. The number of nitrogens with one attached hydrogen (secondary N) is 1. The highest BCUT2D eigenvalue weighted by Gasteiger charge is 2.57. The van der Waals surface area contributed by atoms with Gasteiger partial charge in [-0.2, -0.15) is 5.10 Å². The standard InChI is InChI=1S/C22H32N6O3/c1-21(2)30-18-16(12-27-11-3-6-22(27)7-9-24-10-8-22)29-17(19(18)31-21)14-4-5-15-20(23)25-13-26-28(14)15/h4-5,13,16-19,24H,3,6-12H2,1-2H3,(H2,23,25,26)/t16?,17-,18+,19-/m0/s1. The lowest BCUT2D eigenvalue weighted by Gasteiger charge is -2.43. The Labute approximate surface area is 182 Å². The van der Waals surface area contributed by atoms with Crippen molar-refractivity contribution in [1.29, 1.82) is 0 Å². The molecule has 0 amide bonds. The van der Waals surface area contributed by atoms with Crippen LogP contribution in [0.15, 0.2) is 18.5 Å². The summed E-state index contributed by atoms with van der Waals surface area (Å²) in [5, 5.41) is 7.94. The van der Waals surface area contributed by atoms with E-state index in [1.807, 2.05) is 30.5 Å². The van der Waals surface area contributed by atoms with Crippen molar-refractivity contribution in [3.05, 3.63) is 24.2 Å². The minimum Gasteiger partial charge on any atom is -0.382 e. The Balaban J connectivity index is 1.31. The number of nitrogen functional groups attached to an aromatic ring is 1. The van der Waals surface area contributed by atoms with Gasteiger partial charge in [0.05, 0.1) is 5.69 Å². The predicted molar refractivity (Wildman–Crippen MR) is 114 cm³/mol. The van der Waals surface area contributed by atoms with E-state index in [4.69, 9.17) is 19.9 Å². The average Bonchev–Trinajstić information content (AvgIpc) is 3.47. The fourth-order valence-corrected chi connectivity index (χ4v) is 6.21. The molecule has 4 saturated heterocycles. The van der Waals surface area contributed by atoms with E-state index in [1.54, 1.807) is 0 Å². The van der Waals surface area contributed by atoms with E-state index in [0.29, 0.717) is 11.4 Å². The molecule has 2 aromatic heterocycles. The molecule has 2 aromatic rings. The molecular weight excluding hydrogens is 396 g/mol. The van der Waals surface area contributed by atoms with E-state index in [1.165, 1.54) is 32.0 Å². The number of rotatable bonds is 3. The molecule has 31 heavy (non-hydrogen) atoms. The number of aromatic nitrogens is 3. The molecule has 168 valence electrons. The number of nitrogens with zero attached hydrogens (tertiary/aromatic N) is 4. The Morgan fingerprint density at radius 2 is 1.97 bits per heavy atom. The first-order valence-corrected chi connectivity index (χ1v) is 11.5. The summed E-state index contributed by atoms with van der Waals surface area (Å²) < 4.78 is 21.2. The summed E-state index contributed by atoms with van der Waals surface area (Å²) in [5.41, 5.74) is 8.08. The van der Waals surface area contributed by atoms with Crippen molar-refractivity contribution < 1.29 is 14.2 Å². The molecule has 0 bridgehead atoms. The van der Waals surface area contributed by atoms with Crippen LogP contribution in [-0.4, -0.2) is 75.3 Å². The largest absolute Gasteiger partial charge is 0.382 e. The van der Waals surface area contributed by atoms with Crippen LogP contribution in [0.3, 0.4) is 0 Å². The van der Waals surface area contributed by atoms with Gasteiger partial charge in [-0.25, -0.2) is 9.50 Å². The molecule has 0 aromatic carbocycles. The van der Waals surface area contributed by atoms with Crippen LogP contribution in [0.1, 0.15) is 51.3 Å². The molecule has 4 atom stereocenters. The number of likely N-dealkylation sites (tertiary alicyclic amines) is 1. The van der Waals surface area contributed by atoms with Gasteiger partial charge in [-0.1, -0.05) is 0 Å². The van der Waals surface area contributed by atoms with Crippen molar-refractivity contribution in [1.82, 2.24) is 24.8 Å². The topological polar surface area (TPSA) is 99.2 Å². The van der Waals surface area contributed by atoms with Gasteiger partial charge in [0.15, 0.2) is 11.6 Å². The Bertz CT molecular complexity index is 971. The smallest absolute Gasteiger partial charge is 0.164 e. The second-order valence-corrected chi connectivity index (χ2v) is 9.88. The summed E-state index contributed by atoms with van der Waals surface area (Å²) in [5.74, 6) is -0.171. The first kappa shape index (κ1) is 19.9. The van der Waals surface area contributed by atoms with Gasteiger partial charge in [0.2, 0.25) is 0 Å². The van der Waals surface area contributed by atoms with Gasteiger partial charge in [-0.3, -0.25) is 4.90 Å². The maximum atomic E-state index is 6.68. The van der Waals surface area contributed by atoms with E-state index >= 15 is 0 Å². The summed E-state index contributed by atoms with van der Waals surface area (Å²) in [6, 6.07) is 3.96. The SMILES string of the molecule is CC1(C)O[C@@H]2[C@H](O1)C(CN1CCCC13CCNCC3)O[C@H]2c1ccc2c(N)ncnn12. The third-order valence-corrected chi connectivity index (χ3v) is 7.63. The third-order valence-electron chi connectivity index (χ3n) is 7.63. The van der Waals surface area contributed by atoms with Crippen LogP contribution >= 0.6 is 0 Å². The molecule has 9 heteroatoms. The van der Waals surface area contributed by atoms with Crippen molar-refractivity contribution in [3.63, 3.8) is 0 Å². The van der Waals surface area contributed by atoms with E-state index in [-0.39, 0.29) is 24.4 Å². The van der Waals surface area contributed by atoms with Crippen molar-refractivity contribution in [2.24, 2.45) is 0 Å². The minimum absolute atomic E-state index is 0.0497. The minimum atomic E-state index is -0.631. The molecular formula is C22H32N6O3. The lowest BCUT2D eigenvalue weighted by Crippen LogP contribution is -2.54. The molecule has 0 radical (unpaired) electrons. The Morgan fingerprint density at radius 1 is 1.16 bits per heavy atom. The van der Waals surface area contributed by atoms with E-state index in [9.17, 15) is 0 Å². The maximum absolute atomic E-state index is 6.68. The van der Waals surface area contributed by atoms with Gasteiger partial charge in [0.25, 0.3) is 0 Å².